The number of fused-ring (bicyclic) bond motifs is 1. The molecule has 0 fully saturated rings. The Hall–Kier alpha value is -1.97. The summed E-state index contributed by atoms with van der Waals surface area (Å²) in [4.78, 5) is 25.9. The molecular formula is C12H14N5O3S-. The molecule has 0 spiro atoms. The number of aryl methyl sites for hydroxylation is 1. The lowest BCUT2D eigenvalue weighted by atomic mass is 10.2. The van der Waals surface area contributed by atoms with E-state index in [0.29, 0.717) is 18.9 Å². The van der Waals surface area contributed by atoms with Gasteiger partial charge in [0.2, 0.25) is 0 Å². The smallest absolute Gasteiger partial charge is 0.278 e. The molecule has 2 aromatic rings. The number of anilines is 2. The van der Waals surface area contributed by atoms with Crippen molar-refractivity contribution in [3.63, 3.8) is 0 Å². The van der Waals surface area contributed by atoms with Crippen molar-refractivity contribution in [1.29, 1.82) is 0 Å². The fourth-order valence-electron chi connectivity index (χ4n) is 2.46. The Morgan fingerprint density at radius 3 is 3.00 bits per heavy atom. The third-order valence-electron chi connectivity index (χ3n) is 3.44. The van der Waals surface area contributed by atoms with E-state index in [1.807, 2.05) is 10.4 Å². The highest BCUT2D eigenvalue weighted by atomic mass is 32.1. The zero-order chi connectivity index (χ0) is 15.0. The lowest BCUT2D eigenvalue weighted by Crippen LogP contribution is -2.32. The molecule has 3 heterocycles. The molecule has 8 nitrogen and oxygen atoms in total. The molecule has 0 atom stereocenters. The van der Waals surface area contributed by atoms with E-state index in [2.05, 4.69) is 15.0 Å². The van der Waals surface area contributed by atoms with Crippen LogP contribution in [0.25, 0.3) is 0 Å². The Morgan fingerprint density at radius 2 is 2.24 bits per heavy atom. The van der Waals surface area contributed by atoms with Gasteiger partial charge in [-0.2, -0.15) is 0 Å². The van der Waals surface area contributed by atoms with E-state index in [-0.39, 0.29) is 11.5 Å². The molecule has 9 heteroatoms. The minimum Gasteiger partial charge on any atom is -0.733 e. The van der Waals surface area contributed by atoms with Gasteiger partial charge in [-0.1, -0.05) is 0 Å². The van der Waals surface area contributed by atoms with E-state index in [1.165, 1.54) is 4.88 Å². The van der Waals surface area contributed by atoms with Gasteiger partial charge >= 0.3 is 0 Å². The molecule has 21 heavy (non-hydrogen) atoms. The van der Waals surface area contributed by atoms with Gasteiger partial charge in [-0.05, 0) is 6.92 Å². The summed E-state index contributed by atoms with van der Waals surface area (Å²) in [6.45, 7) is 2.84. The maximum atomic E-state index is 11.9. The second-order valence-electron chi connectivity index (χ2n) is 4.81. The number of rotatable bonds is 2. The number of thiazole rings is 1. The minimum absolute atomic E-state index is 0.212. The summed E-state index contributed by atoms with van der Waals surface area (Å²) in [6.07, 6.45) is 1.49. The summed E-state index contributed by atoms with van der Waals surface area (Å²) in [5.74, 6) is 0.613. The molecule has 1 aliphatic rings. The zero-order valence-corrected chi connectivity index (χ0v) is 12.2. The lowest BCUT2D eigenvalue weighted by molar-refractivity contribution is 0.295. The molecule has 0 unspecified atom stereocenters. The topological polar surface area (TPSA) is 108 Å². The van der Waals surface area contributed by atoms with Crippen LogP contribution in [-0.4, -0.2) is 33.2 Å². The molecular weight excluding hydrogens is 294 g/mol. The molecule has 112 valence electrons. The van der Waals surface area contributed by atoms with E-state index in [9.17, 15) is 15.2 Å². The number of H-pyrrole nitrogens is 1. The van der Waals surface area contributed by atoms with Crippen LogP contribution < -0.4 is 15.7 Å². The van der Waals surface area contributed by atoms with Crippen LogP contribution in [0.1, 0.15) is 16.4 Å². The second kappa shape index (κ2) is 5.43. The Kier molecular flexibility index (Phi) is 3.62. The maximum absolute atomic E-state index is 11.9. The largest absolute Gasteiger partial charge is 0.733 e. The van der Waals surface area contributed by atoms with Crippen LogP contribution in [0.15, 0.2) is 10.3 Å². The van der Waals surface area contributed by atoms with Crippen LogP contribution in [-0.2, 0) is 12.8 Å². The summed E-state index contributed by atoms with van der Waals surface area (Å²) < 4.78 is 0. The normalized spacial score (nSPS) is 14.7. The van der Waals surface area contributed by atoms with E-state index in [4.69, 9.17) is 0 Å². The molecule has 0 aliphatic carbocycles. The van der Waals surface area contributed by atoms with Gasteiger partial charge in [0.05, 0.1) is 11.2 Å². The Balaban J connectivity index is 1.97. The summed E-state index contributed by atoms with van der Waals surface area (Å²) in [6, 6.07) is 0. The third kappa shape index (κ3) is 2.62. The predicted molar refractivity (Wildman–Crippen MR) is 79.0 cm³/mol. The van der Waals surface area contributed by atoms with E-state index >= 15 is 0 Å². The highest BCUT2D eigenvalue weighted by Gasteiger charge is 2.22. The van der Waals surface area contributed by atoms with Crippen molar-refractivity contribution in [2.45, 2.75) is 19.8 Å². The average Bonchev–Trinajstić information content (AvgIpc) is 2.76. The molecule has 3 rings (SSSR count). The van der Waals surface area contributed by atoms with Crippen molar-refractivity contribution in [3.05, 3.63) is 37.5 Å². The number of aromatic amines is 1. The third-order valence-corrected chi connectivity index (χ3v) is 4.37. The summed E-state index contributed by atoms with van der Waals surface area (Å²) in [5.41, 5.74) is 1.86. The van der Waals surface area contributed by atoms with Crippen LogP contribution in [0.4, 0.5) is 11.5 Å². The van der Waals surface area contributed by atoms with E-state index < -0.39 is 10.8 Å². The molecule has 0 radical (unpaired) electrons. The van der Waals surface area contributed by atoms with E-state index in [1.54, 1.807) is 18.3 Å². The number of hydrogen-bond donors (Lipinski definition) is 2. The summed E-state index contributed by atoms with van der Waals surface area (Å²) in [7, 11) is 0. The molecule has 0 saturated carbocycles. The SMILES string of the molecule is Cc1nc(N2CCc3ncsc3CC2)c(N([O-])O)c(=O)[nH]1. The predicted octanol–water partition coefficient (Wildman–Crippen LogP) is 0.833. The van der Waals surface area contributed by atoms with E-state index in [0.717, 1.165) is 18.5 Å². The lowest BCUT2D eigenvalue weighted by Gasteiger charge is -2.29. The van der Waals surface area contributed by atoms with Crippen molar-refractivity contribution >= 4 is 22.8 Å². The molecule has 2 aromatic heterocycles. The Morgan fingerprint density at radius 1 is 1.48 bits per heavy atom. The standard InChI is InChI=1S/C12H14N5O3S/c1-7-14-11(10(17(19)20)12(18)15-7)16-4-2-8-9(3-5-16)21-6-13-8/h6,19H,2-5H2,1H3,(H,14,15,18)/q-1. The molecule has 0 aromatic carbocycles. The van der Waals surface area contributed by atoms with Gasteiger partial charge in [-0.25, -0.2) is 9.97 Å². The van der Waals surface area contributed by atoms with Gasteiger partial charge in [0.15, 0.2) is 11.5 Å². The van der Waals surface area contributed by atoms with Gasteiger partial charge in [0, 0.05) is 30.8 Å². The second-order valence-corrected chi connectivity index (χ2v) is 5.75. The molecule has 0 bridgehead atoms. The van der Waals surface area contributed by atoms with Gasteiger partial charge in [0.1, 0.15) is 5.82 Å². The molecule has 2 N–H and O–H groups in total. The van der Waals surface area contributed by atoms with Crippen LogP contribution in [0, 0.1) is 12.1 Å². The first-order valence-corrected chi connectivity index (χ1v) is 7.37. The molecule has 1 aliphatic heterocycles. The number of aromatic nitrogens is 3. The maximum Gasteiger partial charge on any atom is 0.278 e. The van der Waals surface area contributed by atoms with Gasteiger partial charge in [0.25, 0.3) is 5.56 Å². The Labute approximate surface area is 124 Å². The van der Waals surface area contributed by atoms with Crippen LogP contribution >= 0.6 is 11.3 Å². The first-order chi connectivity index (χ1) is 10.1. The minimum atomic E-state index is -0.646. The monoisotopic (exact) mass is 308 g/mol. The van der Waals surface area contributed by atoms with Gasteiger partial charge in [-0.3, -0.25) is 10.0 Å². The molecule has 0 amide bonds. The summed E-state index contributed by atoms with van der Waals surface area (Å²) >= 11 is 1.61. The number of nitrogens with one attached hydrogen (secondary N) is 1. The van der Waals surface area contributed by atoms with Gasteiger partial charge < -0.3 is 20.3 Å². The van der Waals surface area contributed by atoms with Crippen LogP contribution in [0.2, 0.25) is 0 Å². The molecule has 0 saturated heterocycles. The average molecular weight is 308 g/mol. The van der Waals surface area contributed by atoms with Crippen molar-refractivity contribution in [1.82, 2.24) is 15.0 Å². The number of nitrogens with zero attached hydrogens (tertiary/aromatic N) is 4. The fourth-order valence-corrected chi connectivity index (χ4v) is 3.27. The van der Waals surface area contributed by atoms with Crippen LogP contribution in [0.5, 0.6) is 0 Å². The summed E-state index contributed by atoms with van der Waals surface area (Å²) in [5, 5.41) is 20.0. The highest BCUT2D eigenvalue weighted by molar-refractivity contribution is 7.09. The first-order valence-electron chi connectivity index (χ1n) is 6.49. The van der Waals surface area contributed by atoms with Crippen molar-refractivity contribution < 1.29 is 5.21 Å². The highest BCUT2D eigenvalue weighted by Crippen LogP contribution is 2.26. The van der Waals surface area contributed by atoms with Crippen molar-refractivity contribution in [3.8, 4) is 0 Å². The fraction of sp³-hybridized carbons (Fsp3) is 0.417. The number of hydrogen-bond acceptors (Lipinski definition) is 8. The van der Waals surface area contributed by atoms with Crippen molar-refractivity contribution in [2.24, 2.45) is 0 Å². The quantitative estimate of drug-likeness (QED) is 0.791. The Bertz CT molecular complexity index is 689. The van der Waals surface area contributed by atoms with Crippen molar-refractivity contribution in [2.75, 3.05) is 23.2 Å². The van der Waals surface area contributed by atoms with Crippen LogP contribution in [0.3, 0.4) is 0 Å². The first kappa shape index (κ1) is 14.0. The van der Waals surface area contributed by atoms with Gasteiger partial charge in [-0.15, -0.1) is 11.3 Å². The zero-order valence-electron chi connectivity index (χ0n) is 11.4.